The quantitative estimate of drug-likeness (QED) is 0.878. The van der Waals surface area contributed by atoms with Gasteiger partial charge in [0.05, 0.1) is 12.1 Å². The first-order chi connectivity index (χ1) is 8.36. The van der Waals surface area contributed by atoms with Crippen molar-refractivity contribution in [2.75, 3.05) is 6.54 Å². The molecule has 1 aliphatic rings. The molecule has 1 atom stereocenters. The highest BCUT2D eigenvalue weighted by Crippen LogP contribution is 2.35. The van der Waals surface area contributed by atoms with E-state index in [9.17, 15) is 8.78 Å². The normalized spacial score (nSPS) is 23.7. The average molecular weight is 253 g/mol. The Labute approximate surface area is 105 Å². The molecule has 5 heteroatoms. The molecule has 1 heterocycles. The van der Waals surface area contributed by atoms with E-state index in [1.165, 1.54) is 12.1 Å². The summed E-state index contributed by atoms with van der Waals surface area (Å²) in [6, 6.07) is 3.71. The minimum Gasteiger partial charge on any atom is -0.370 e. The first-order valence-corrected chi connectivity index (χ1v) is 5.91. The van der Waals surface area contributed by atoms with E-state index in [2.05, 4.69) is 4.99 Å². The number of hydrogen-bond donors (Lipinski definition) is 1. The molecule has 98 valence electrons. The lowest BCUT2D eigenvalue weighted by atomic mass is 9.89. The molecule has 3 nitrogen and oxygen atoms in total. The lowest BCUT2D eigenvalue weighted by Crippen LogP contribution is -2.51. The van der Waals surface area contributed by atoms with Crippen LogP contribution in [0, 0.1) is 11.6 Å². The molecule has 1 aromatic rings. The summed E-state index contributed by atoms with van der Waals surface area (Å²) in [5.41, 5.74) is 5.61. The number of hydrogen-bond acceptors (Lipinski definition) is 3. The standard InChI is InChI=1S/C13H17F2N3/c1-8(2)18-12(16)17-7-13(18,3)10-5-4-9(14)6-11(10)15/h4-6,8H,7H2,1-3H3,(H2,16,17). The molecule has 0 amide bonds. The summed E-state index contributed by atoms with van der Waals surface area (Å²) in [5.74, 6) is -0.743. The van der Waals surface area contributed by atoms with E-state index in [0.717, 1.165) is 6.07 Å². The lowest BCUT2D eigenvalue weighted by molar-refractivity contribution is 0.179. The van der Waals surface area contributed by atoms with Crippen LogP contribution in [0.1, 0.15) is 26.3 Å². The van der Waals surface area contributed by atoms with E-state index in [1.807, 2.05) is 25.7 Å². The summed E-state index contributed by atoms with van der Waals surface area (Å²) >= 11 is 0. The Kier molecular flexibility index (Phi) is 3.00. The van der Waals surface area contributed by atoms with Gasteiger partial charge in [0.1, 0.15) is 11.6 Å². The maximum atomic E-state index is 14.0. The molecule has 0 saturated carbocycles. The van der Waals surface area contributed by atoms with Crippen molar-refractivity contribution < 1.29 is 8.78 Å². The monoisotopic (exact) mass is 253 g/mol. The minimum atomic E-state index is -0.657. The Morgan fingerprint density at radius 3 is 2.61 bits per heavy atom. The molecule has 1 aliphatic heterocycles. The number of nitrogens with two attached hydrogens (primary N) is 1. The van der Waals surface area contributed by atoms with Gasteiger partial charge in [-0.05, 0) is 26.8 Å². The molecule has 18 heavy (non-hydrogen) atoms. The third-order valence-electron chi connectivity index (χ3n) is 3.36. The third kappa shape index (κ3) is 1.83. The van der Waals surface area contributed by atoms with Crippen molar-refractivity contribution in [3.05, 3.63) is 35.4 Å². The molecular weight excluding hydrogens is 236 g/mol. The van der Waals surface area contributed by atoms with Gasteiger partial charge in [-0.1, -0.05) is 6.07 Å². The largest absolute Gasteiger partial charge is 0.370 e. The van der Waals surface area contributed by atoms with Gasteiger partial charge in [0.15, 0.2) is 5.96 Å². The smallest absolute Gasteiger partial charge is 0.192 e. The van der Waals surface area contributed by atoms with Gasteiger partial charge in [0.2, 0.25) is 0 Å². The van der Waals surface area contributed by atoms with Gasteiger partial charge in [-0.3, -0.25) is 4.99 Å². The van der Waals surface area contributed by atoms with Crippen LogP contribution in [-0.2, 0) is 5.54 Å². The van der Waals surface area contributed by atoms with Crippen molar-refractivity contribution in [2.45, 2.75) is 32.4 Å². The molecule has 0 saturated heterocycles. The Hall–Kier alpha value is -1.65. The van der Waals surface area contributed by atoms with Gasteiger partial charge >= 0.3 is 0 Å². The van der Waals surface area contributed by atoms with Crippen LogP contribution >= 0.6 is 0 Å². The summed E-state index contributed by atoms with van der Waals surface area (Å²) in [5, 5.41) is 0. The fraction of sp³-hybridized carbons (Fsp3) is 0.462. The van der Waals surface area contributed by atoms with Crippen molar-refractivity contribution in [1.29, 1.82) is 0 Å². The first kappa shape index (κ1) is 12.8. The van der Waals surface area contributed by atoms with Crippen molar-refractivity contribution in [1.82, 2.24) is 4.90 Å². The van der Waals surface area contributed by atoms with Crippen molar-refractivity contribution in [3.8, 4) is 0 Å². The number of nitrogens with zero attached hydrogens (tertiary/aromatic N) is 2. The van der Waals surface area contributed by atoms with E-state index < -0.39 is 17.2 Å². The second kappa shape index (κ2) is 4.23. The van der Waals surface area contributed by atoms with Gasteiger partial charge in [-0.25, -0.2) is 8.78 Å². The zero-order chi connectivity index (χ0) is 13.5. The van der Waals surface area contributed by atoms with Gasteiger partial charge in [0.25, 0.3) is 0 Å². The number of aliphatic imine (C=N–C) groups is 1. The summed E-state index contributed by atoms with van der Waals surface area (Å²) in [4.78, 5) is 6.06. The molecule has 1 aromatic carbocycles. The summed E-state index contributed by atoms with van der Waals surface area (Å²) in [7, 11) is 0. The van der Waals surface area contributed by atoms with Crippen LogP contribution in [0.5, 0.6) is 0 Å². The number of halogens is 2. The molecule has 0 radical (unpaired) electrons. The molecular formula is C13H17F2N3. The highest BCUT2D eigenvalue weighted by atomic mass is 19.1. The summed E-state index contributed by atoms with van der Waals surface area (Å²) < 4.78 is 26.9. The van der Waals surface area contributed by atoms with Crippen LogP contribution in [0.25, 0.3) is 0 Å². The Morgan fingerprint density at radius 2 is 2.06 bits per heavy atom. The highest BCUT2D eigenvalue weighted by molar-refractivity contribution is 5.81. The molecule has 0 spiro atoms. The second-order valence-electron chi connectivity index (χ2n) is 5.04. The molecule has 1 unspecified atom stereocenters. The van der Waals surface area contributed by atoms with Crippen LogP contribution in [0.2, 0.25) is 0 Å². The summed E-state index contributed by atoms with van der Waals surface area (Å²) in [6.45, 7) is 6.17. The maximum Gasteiger partial charge on any atom is 0.192 e. The molecule has 0 bridgehead atoms. The predicted molar refractivity (Wildman–Crippen MR) is 67.2 cm³/mol. The van der Waals surface area contributed by atoms with Crippen LogP contribution < -0.4 is 5.73 Å². The predicted octanol–water partition coefficient (Wildman–Crippen LogP) is 2.22. The van der Waals surface area contributed by atoms with Crippen LogP contribution in [0.3, 0.4) is 0 Å². The van der Waals surface area contributed by atoms with Crippen LogP contribution in [0.4, 0.5) is 8.78 Å². The van der Waals surface area contributed by atoms with Gasteiger partial charge in [-0.15, -0.1) is 0 Å². The van der Waals surface area contributed by atoms with E-state index in [1.54, 1.807) is 0 Å². The van der Waals surface area contributed by atoms with E-state index in [0.29, 0.717) is 18.1 Å². The third-order valence-corrected chi connectivity index (χ3v) is 3.36. The van der Waals surface area contributed by atoms with E-state index in [4.69, 9.17) is 5.73 Å². The molecule has 0 aromatic heterocycles. The highest BCUT2D eigenvalue weighted by Gasteiger charge is 2.42. The van der Waals surface area contributed by atoms with Gasteiger partial charge < -0.3 is 10.6 Å². The topological polar surface area (TPSA) is 41.6 Å². The average Bonchev–Trinajstić information content (AvgIpc) is 2.55. The van der Waals surface area contributed by atoms with E-state index in [-0.39, 0.29) is 6.04 Å². The van der Waals surface area contributed by atoms with Crippen molar-refractivity contribution in [2.24, 2.45) is 10.7 Å². The second-order valence-corrected chi connectivity index (χ2v) is 5.04. The molecule has 0 aliphatic carbocycles. The zero-order valence-corrected chi connectivity index (χ0v) is 10.7. The Bertz CT molecular complexity index is 499. The zero-order valence-electron chi connectivity index (χ0n) is 10.7. The molecule has 2 N–H and O–H groups in total. The Balaban J connectivity index is 2.48. The SMILES string of the molecule is CC(C)N1C(N)=NCC1(C)c1ccc(F)cc1F. The van der Waals surface area contributed by atoms with Gasteiger partial charge in [0, 0.05) is 17.7 Å². The fourth-order valence-corrected chi connectivity index (χ4v) is 2.62. The number of benzene rings is 1. The van der Waals surface area contributed by atoms with Crippen LogP contribution in [0.15, 0.2) is 23.2 Å². The molecule has 0 fully saturated rings. The Morgan fingerprint density at radius 1 is 1.39 bits per heavy atom. The van der Waals surface area contributed by atoms with Crippen molar-refractivity contribution in [3.63, 3.8) is 0 Å². The fourth-order valence-electron chi connectivity index (χ4n) is 2.62. The van der Waals surface area contributed by atoms with Gasteiger partial charge in [-0.2, -0.15) is 0 Å². The lowest BCUT2D eigenvalue weighted by Gasteiger charge is -2.39. The maximum absolute atomic E-state index is 14.0. The van der Waals surface area contributed by atoms with Crippen LogP contribution in [-0.4, -0.2) is 23.4 Å². The summed E-state index contributed by atoms with van der Waals surface area (Å²) in [6.07, 6.45) is 0. The number of guanidine groups is 1. The minimum absolute atomic E-state index is 0.0886. The van der Waals surface area contributed by atoms with E-state index >= 15 is 0 Å². The first-order valence-electron chi connectivity index (χ1n) is 5.91. The van der Waals surface area contributed by atoms with Crippen molar-refractivity contribution >= 4 is 5.96 Å². The number of rotatable bonds is 2. The molecule has 2 rings (SSSR count).